The van der Waals surface area contributed by atoms with Crippen LogP contribution in [0.25, 0.3) is 0 Å². The smallest absolute Gasteiger partial charge is 0.275 e. The molecule has 3 heterocycles. The highest BCUT2D eigenvalue weighted by atomic mass is 19.1. The van der Waals surface area contributed by atoms with Crippen LogP contribution in [0.15, 0.2) is 41.5 Å². The van der Waals surface area contributed by atoms with Crippen LogP contribution in [0.4, 0.5) is 4.39 Å². The highest BCUT2D eigenvalue weighted by molar-refractivity contribution is 6.46. The summed E-state index contributed by atoms with van der Waals surface area (Å²) >= 11 is 0. The van der Waals surface area contributed by atoms with Crippen LogP contribution in [0, 0.1) is 22.6 Å². The summed E-state index contributed by atoms with van der Waals surface area (Å²) < 4.78 is 19.9. The Bertz CT molecular complexity index is 1570. The van der Waals surface area contributed by atoms with E-state index in [1.165, 1.54) is 19.4 Å². The summed E-state index contributed by atoms with van der Waals surface area (Å²) in [6, 6.07) is 8.37. The van der Waals surface area contributed by atoms with E-state index in [0.717, 1.165) is 24.8 Å². The summed E-state index contributed by atoms with van der Waals surface area (Å²) in [6.07, 6.45) is 6.26. The molecule has 1 atom stereocenters. The Kier molecular flexibility index (Phi) is 9.28. The van der Waals surface area contributed by atoms with Gasteiger partial charge in [0.1, 0.15) is 11.4 Å². The number of carbonyl (C=O) groups is 2. The van der Waals surface area contributed by atoms with Gasteiger partial charge in [-0.05, 0) is 79.0 Å². The van der Waals surface area contributed by atoms with Crippen LogP contribution in [-0.4, -0.2) is 60.8 Å². The van der Waals surface area contributed by atoms with Crippen LogP contribution in [-0.2, 0) is 11.3 Å². The van der Waals surface area contributed by atoms with Gasteiger partial charge in [-0.15, -0.1) is 10.2 Å². The Balaban J connectivity index is 1.51. The average Bonchev–Trinajstić information content (AvgIpc) is 3.62. The van der Waals surface area contributed by atoms with Gasteiger partial charge >= 0.3 is 0 Å². The summed E-state index contributed by atoms with van der Waals surface area (Å²) in [5.41, 5.74) is 1.34. The number of aromatic nitrogens is 5. The Morgan fingerprint density at radius 3 is 2.41 bits per heavy atom. The number of H-pyrrole nitrogens is 1. The monoisotopic (exact) mass is 632 g/mol. The maximum atomic E-state index is 14.8. The molecular formula is C34H45FN8O3. The normalized spacial score (nSPS) is 21.0. The molecule has 0 saturated heterocycles. The van der Waals surface area contributed by atoms with Crippen molar-refractivity contribution in [3.63, 3.8) is 0 Å². The van der Waals surface area contributed by atoms with Gasteiger partial charge in [-0.1, -0.05) is 58.9 Å². The van der Waals surface area contributed by atoms with Crippen LogP contribution in [0.1, 0.15) is 113 Å². The molecule has 2 aromatic heterocycles. The maximum Gasteiger partial charge on any atom is 0.275 e. The first-order valence-corrected chi connectivity index (χ1v) is 15.9. The SMILES string of the molecule is COc1ncc(C2=NC3(CCC(C(C)(C)C)CC3)N(C(CCC(C)(C)C)c3ccc(C(=O)NCc4nn[nH]n4)cc3)C2=O)cc1F. The molecular weight excluding hydrogens is 587 g/mol. The molecule has 0 bridgehead atoms. The number of aliphatic imine (C=N–C) groups is 1. The predicted molar refractivity (Wildman–Crippen MR) is 171 cm³/mol. The number of carbonyl (C=O) groups excluding carboxylic acids is 2. The van der Waals surface area contributed by atoms with E-state index < -0.39 is 11.5 Å². The van der Waals surface area contributed by atoms with Crippen LogP contribution < -0.4 is 10.1 Å². The number of methoxy groups -OCH3 is 1. The van der Waals surface area contributed by atoms with Gasteiger partial charge in [0.2, 0.25) is 5.88 Å². The Hall–Kier alpha value is -4.22. The largest absolute Gasteiger partial charge is 0.479 e. The predicted octanol–water partition coefficient (Wildman–Crippen LogP) is 5.80. The number of aromatic amines is 1. The van der Waals surface area contributed by atoms with Crippen molar-refractivity contribution in [3.8, 4) is 5.88 Å². The van der Waals surface area contributed by atoms with Crippen molar-refractivity contribution < 1.29 is 18.7 Å². The van der Waals surface area contributed by atoms with Gasteiger partial charge in [0.25, 0.3) is 11.8 Å². The lowest BCUT2D eigenvalue weighted by Gasteiger charge is -2.47. The summed E-state index contributed by atoms with van der Waals surface area (Å²) in [4.78, 5) is 38.7. The van der Waals surface area contributed by atoms with Gasteiger partial charge in [0.15, 0.2) is 11.6 Å². The number of benzene rings is 1. The summed E-state index contributed by atoms with van der Waals surface area (Å²) in [5.74, 6) is -0.395. The van der Waals surface area contributed by atoms with E-state index in [1.807, 2.05) is 17.0 Å². The van der Waals surface area contributed by atoms with Gasteiger partial charge < -0.3 is 15.0 Å². The van der Waals surface area contributed by atoms with Crippen molar-refractivity contribution in [3.05, 3.63) is 64.9 Å². The first-order valence-electron chi connectivity index (χ1n) is 15.9. The minimum absolute atomic E-state index is 0.0137. The highest BCUT2D eigenvalue weighted by Gasteiger charge is 2.53. The summed E-state index contributed by atoms with van der Waals surface area (Å²) in [7, 11) is 1.36. The number of rotatable bonds is 9. The molecule has 2 amide bonds. The van der Waals surface area contributed by atoms with E-state index in [0.29, 0.717) is 42.1 Å². The lowest BCUT2D eigenvalue weighted by Crippen LogP contribution is -2.51. The Morgan fingerprint density at radius 2 is 1.85 bits per heavy atom. The average molecular weight is 633 g/mol. The number of tetrazole rings is 1. The molecule has 1 saturated carbocycles. The zero-order chi connectivity index (χ0) is 33.3. The lowest BCUT2D eigenvalue weighted by atomic mass is 9.69. The number of halogens is 1. The van der Waals surface area contributed by atoms with Gasteiger partial charge in [0, 0.05) is 17.3 Å². The number of nitrogens with zero attached hydrogens (tertiary/aromatic N) is 6. The third-order valence-corrected chi connectivity index (χ3v) is 9.31. The van der Waals surface area contributed by atoms with Crippen LogP contribution in [0.2, 0.25) is 0 Å². The molecule has 0 radical (unpaired) electrons. The fraction of sp³-hybridized carbons (Fsp3) is 0.559. The standard InChI is InChI=1S/C34H45FN8O3/c1-32(2,3)15-14-26(21-8-10-22(11-9-21)29(44)36-20-27-39-41-42-40-27)43-31(45)28(23-18-25(35)30(46-7)37-19-23)38-34(43)16-12-24(13-17-34)33(4,5)6/h8-11,18-19,24,26H,12-17,20H2,1-7H3,(H,36,44)(H,39,40,41,42). The van der Waals surface area contributed by atoms with Crippen LogP contribution >= 0.6 is 0 Å². The van der Waals surface area contributed by atoms with Gasteiger partial charge in [-0.25, -0.2) is 9.37 Å². The molecule has 1 aliphatic heterocycles. The Labute approximate surface area is 269 Å². The molecule has 1 aromatic carbocycles. The number of ether oxygens (including phenoxy) is 1. The Morgan fingerprint density at radius 1 is 1.15 bits per heavy atom. The van der Waals surface area contributed by atoms with Gasteiger partial charge in [-0.2, -0.15) is 5.21 Å². The van der Waals surface area contributed by atoms with E-state index in [4.69, 9.17) is 9.73 Å². The number of hydrogen-bond donors (Lipinski definition) is 2. The van der Waals surface area contributed by atoms with E-state index in [9.17, 15) is 14.0 Å². The second-order valence-electron chi connectivity index (χ2n) is 14.7. The molecule has 1 fully saturated rings. The molecule has 3 aromatic rings. The molecule has 1 unspecified atom stereocenters. The number of pyridine rings is 1. The summed E-state index contributed by atoms with van der Waals surface area (Å²) in [5, 5.41) is 16.4. The minimum atomic E-state index is -0.770. The van der Waals surface area contributed by atoms with Crippen molar-refractivity contribution in [2.75, 3.05) is 7.11 Å². The van der Waals surface area contributed by atoms with Crippen molar-refractivity contribution in [2.45, 2.75) is 98.3 Å². The van der Waals surface area contributed by atoms with Crippen molar-refractivity contribution in [1.82, 2.24) is 35.8 Å². The molecule has 5 rings (SSSR count). The molecule has 46 heavy (non-hydrogen) atoms. The molecule has 11 nitrogen and oxygen atoms in total. The van der Waals surface area contributed by atoms with E-state index in [1.54, 1.807) is 12.1 Å². The molecule has 246 valence electrons. The van der Waals surface area contributed by atoms with Crippen molar-refractivity contribution in [2.24, 2.45) is 21.7 Å². The van der Waals surface area contributed by atoms with Crippen LogP contribution in [0.5, 0.6) is 5.88 Å². The quantitative estimate of drug-likeness (QED) is 0.304. The third-order valence-electron chi connectivity index (χ3n) is 9.31. The number of nitrogens with one attached hydrogen (secondary N) is 2. The topological polar surface area (TPSA) is 138 Å². The number of hydrogen-bond acceptors (Lipinski definition) is 8. The van der Waals surface area contributed by atoms with Crippen molar-refractivity contribution in [1.29, 1.82) is 0 Å². The van der Waals surface area contributed by atoms with Crippen LogP contribution in [0.3, 0.4) is 0 Å². The molecule has 12 heteroatoms. The van der Waals surface area contributed by atoms with Gasteiger partial charge in [-0.3, -0.25) is 14.6 Å². The first kappa shape index (κ1) is 33.2. The lowest BCUT2D eigenvalue weighted by molar-refractivity contribution is -0.134. The van der Waals surface area contributed by atoms with Gasteiger partial charge in [0.05, 0.1) is 19.7 Å². The molecule has 2 N–H and O–H groups in total. The van der Waals surface area contributed by atoms with E-state index >= 15 is 0 Å². The molecule has 2 aliphatic rings. The number of amides is 2. The minimum Gasteiger partial charge on any atom is -0.479 e. The van der Waals surface area contributed by atoms with E-state index in [2.05, 4.69) is 72.5 Å². The fourth-order valence-electron chi connectivity index (χ4n) is 6.63. The molecule has 1 aliphatic carbocycles. The van der Waals surface area contributed by atoms with E-state index in [-0.39, 0.29) is 46.8 Å². The second kappa shape index (κ2) is 12.9. The van der Waals surface area contributed by atoms with Crippen molar-refractivity contribution >= 4 is 17.5 Å². The highest BCUT2D eigenvalue weighted by Crippen LogP contribution is 2.50. The fourth-order valence-corrected chi connectivity index (χ4v) is 6.63. The molecule has 1 spiro atoms. The first-order chi connectivity index (χ1) is 21.7. The third kappa shape index (κ3) is 7.10. The second-order valence-corrected chi connectivity index (χ2v) is 14.7. The zero-order valence-corrected chi connectivity index (χ0v) is 27.9. The summed E-state index contributed by atoms with van der Waals surface area (Å²) in [6.45, 7) is 13.5. The zero-order valence-electron chi connectivity index (χ0n) is 27.9. The maximum absolute atomic E-state index is 14.8.